The Bertz CT molecular complexity index is 335. The molecule has 0 aromatic carbocycles. The maximum Gasteiger partial charge on any atom is 0.405 e. The first-order valence-corrected chi connectivity index (χ1v) is 6.69. The van der Waals surface area contributed by atoms with Crippen LogP contribution in [0.1, 0.15) is 19.8 Å². The van der Waals surface area contributed by atoms with E-state index < -0.39 is 24.7 Å². The SMILES string of the molecule is CC(C(=O)NCC(F)(F)F)N1CCCC2CNCC21. The van der Waals surface area contributed by atoms with Gasteiger partial charge in [0.1, 0.15) is 6.54 Å². The van der Waals surface area contributed by atoms with Crippen LogP contribution in [0.4, 0.5) is 13.2 Å². The van der Waals surface area contributed by atoms with Gasteiger partial charge in [-0.2, -0.15) is 13.2 Å². The van der Waals surface area contributed by atoms with Gasteiger partial charge in [0.2, 0.25) is 5.91 Å². The van der Waals surface area contributed by atoms with Crippen LogP contribution in [-0.4, -0.2) is 55.2 Å². The van der Waals surface area contributed by atoms with Crippen molar-refractivity contribution in [2.75, 3.05) is 26.2 Å². The van der Waals surface area contributed by atoms with Gasteiger partial charge in [0, 0.05) is 12.6 Å². The van der Waals surface area contributed by atoms with E-state index in [0.717, 1.165) is 32.5 Å². The molecule has 2 N–H and O–H groups in total. The molecule has 0 aromatic heterocycles. The number of fused-ring (bicyclic) bond motifs is 1. The topological polar surface area (TPSA) is 44.4 Å². The Morgan fingerprint density at radius 2 is 2.21 bits per heavy atom. The van der Waals surface area contributed by atoms with Gasteiger partial charge in [-0.3, -0.25) is 9.69 Å². The normalized spacial score (nSPS) is 29.9. The van der Waals surface area contributed by atoms with Crippen LogP contribution in [0.5, 0.6) is 0 Å². The van der Waals surface area contributed by atoms with Crippen molar-refractivity contribution >= 4 is 5.91 Å². The first-order chi connectivity index (χ1) is 8.88. The number of likely N-dealkylation sites (tertiary alicyclic amines) is 1. The summed E-state index contributed by atoms with van der Waals surface area (Å²) < 4.78 is 36.3. The molecule has 0 saturated carbocycles. The van der Waals surface area contributed by atoms with E-state index in [2.05, 4.69) is 5.32 Å². The minimum atomic E-state index is -4.35. The summed E-state index contributed by atoms with van der Waals surface area (Å²) in [4.78, 5) is 13.8. The maximum atomic E-state index is 12.1. The lowest BCUT2D eigenvalue weighted by atomic mass is 9.91. The summed E-state index contributed by atoms with van der Waals surface area (Å²) in [5.74, 6) is -0.0171. The van der Waals surface area contributed by atoms with Crippen molar-refractivity contribution in [1.82, 2.24) is 15.5 Å². The van der Waals surface area contributed by atoms with E-state index in [4.69, 9.17) is 0 Å². The van der Waals surface area contributed by atoms with Crippen LogP contribution < -0.4 is 10.6 Å². The van der Waals surface area contributed by atoms with E-state index in [9.17, 15) is 18.0 Å². The lowest BCUT2D eigenvalue weighted by Gasteiger charge is -2.40. The van der Waals surface area contributed by atoms with Crippen molar-refractivity contribution in [3.8, 4) is 0 Å². The third-order valence-corrected chi connectivity index (χ3v) is 4.06. The highest BCUT2D eigenvalue weighted by atomic mass is 19.4. The molecule has 3 atom stereocenters. The summed E-state index contributed by atoms with van der Waals surface area (Å²) in [6.07, 6.45) is -2.22. The fourth-order valence-corrected chi connectivity index (χ4v) is 3.07. The molecule has 1 amide bonds. The number of rotatable bonds is 3. The zero-order valence-electron chi connectivity index (χ0n) is 11.0. The van der Waals surface area contributed by atoms with E-state index in [1.54, 1.807) is 6.92 Å². The number of piperidine rings is 1. The number of halogens is 3. The number of nitrogens with one attached hydrogen (secondary N) is 2. The van der Waals surface area contributed by atoms with Crippen molar-refractivity contribution in [1.29, 1.82) is 0 Å². The number of hydrogen-bond acceptors (Lipinski definition) is 3. The van der Waals surface area contributed by atoms with Gasteiger partial charge >= 0.3 is 6.18 Å². The van der Waals surface area contributed by atoms with E-state index in [-0.39, 0.29) is 6.04 Å². The standard InChI is InChI=1S/C12H20F3N3O/c1-8(11(19)17-7-12(13,14)15)18-4-2-3-9-5-16-6-10(9)18/h8-10,16H,2-7H2,1H3,(H,17,19). The van der Waals surface area contributed by atoms with Gasteiger partial charge in [0.15, 0.2) is 0 Å². The summed E-state index contributed by atoms with van der Waals surface area (Å²) in [7, 11) is 0. The average molecular weight is 279 g/mol. The number of carbonyl (C=O) groups is 1. The quantitative estimate of drug-likeness (QED) is 0.801. The molecule has 0 aliphatic carbocycles. The molecule has 2 fully saturated rings. The first kappa shape index (κ1) is 14.6. The minimum Gasteiger partial charge on any atom is -0.346 e. The summed E-state index contributed by atoms with van der Waals surface area (Å²) in [6, 6.07) is -0.226. The van der Waals surface area contributed by atoms with E-state index in [0.29, 0.717) is 5.92 Å². The Balaban J connectivity index is 1.90. The number of carbonyl (C=O) groups excluding carboxylic acids is 1. The largest absolute Gasteiger partial charge is 0.405 e. The molecule has 3 unspecified atom stereocenters. The summed E-state index contributed by atoms with van der Waals surface area (Å²) in [5, 5.41) is 5.26. The van der Waals surface area contributed by atoms with Crippen LogP contribution in [0.25, 0.3) is 0 Å². The smallest absolute Gasteiger partial charge is 0.346 e. The molecule has 4 nitrogen and oxygen atoms in total. The highest BCUT2D eigenvalue weighted by Crippen LogP contribution is 2.28. The van der Waals surface area contributed by atoms with Crippen LogP contribution >= 0.6 is 0 Å². The van der Waals surface area contributed by atoms with Crippen LogP contribution in [-0.2, 0) is 4.79 Å². The molecule has 19 heavy (non-hydrogen) atoms. The number of amides is 1. The Kier molecular flexibility index (Phi) is 4.35. The molecule has 110 valence electrons. The molecule has 2 aliphatic rings. The minimum absolute atomic E-state index is 0.278. The molecule has 0 bridgehead atoms. The molecule has 7 heteroatoms. The van der Waals surface area contributed by atoms with Crippen LogP contribution in [0.15, 0.2) is 0 Å². The molecule has 0 spiro atoms. The molecule has 0 aromatic rings. The molecular weight excluding hydrogens is 259 g/mol. The van der Waals surface area contributed by atoms with Crippen LogP contribution in [0.2, 0.25) is 0 Å². The second kappa shape index (κ2) is 5.66. The zero-order valence-corrected chi connectivity index (χ0v) is 11.0. The van der Waals surface area contributed by atoms with Crippen molar-refractivity contribution in [2.24, 2.45) is 5.92 Å². The van der Waals surface area contributed by atoms with Crippen molar-refractivity contribution in [3.63, 3.8) is 0 Å². The predicted octanol–water partition coefficient (Wildman–Crippen LogP) is 0.737. The van der Waals surface area contributed by atoms with E-state index >= 15 is 0 Å². The zero-order chi connectivity index (χ0) is 14.0. The number of alkyl halides is 3. The summed E-state index contributed by atoms with van der Waals surface area (Å²) in [6.45, 7) is 2.98. The molecule has 2 saturated heterocycles. The van der Waals surface area contributed by atoms with Crippen molar-refractivity contribution in [2.45, 2.75) is 38.0 Å². The predicted molar refractivity (Wildman–Crippen MR) is 64.6 cm³/mol. The molecule has 2 rings (SSSR count). The third kappa shape index (κ3) is 3.60. The number of nitrogens with zero attached hydrogens (tertiary/aromatic N) is 1. The van der Waals surface area contributed by atoms with Gasteiger partial charge in [0.25, 0.3) is 0 Å². The second-order valence-corrected chi connectivity index (χ2v) is 5.37. The summed E-state index contributed by atoms with van der Waals surface area (Å²) in [5.41, 5.74) is 0. The fourth-order valence-electron chi connectivity index (χ4n) is 3.07. The van der Waals surface area contributed by atoms with Crippen LogP contribution in [0, 0.1) is 5.92 Å². The monoisotopic (exact) mass is 279 g/mol. The van der Waals surface area contributed by atoms with Crippen molar-refractivity contribution < 1.29 is 18.0 Å². The Hall–Kier alpha value is -0.820. The Morgan fingerprint density at radius 1 is 1.47 bits per heavy atom. The van der Waals surface area contributed by atoms with E-state index in [1.165, 1.54) is 0 Å². The average Bonchev–Trinajstić information content (AvgIpc) is 2.82. The Labute approximate surface area is 110 Å². The second-order valence-electron chi connectivity index (χ2n) is 5.37. The van der Waals surface area contributed by atoms with Gasteiger partial charge in [-0.25, -0.2) is 0 Å². The van der Waals surface area contributed by atoms with Gasteiger partial charge in [-0.15, -0.1) is 0 Å². The molecule has 0 radical (unpaired) electrons. The molecule has 2 heterocycles. The third-order valence-electron chi connectivity index (χ3n) is 4.06. The number of hydrogen-bond donors (Lipinski definition) is 2. The van der Waals surface area contributed by atoms with Gasteiger partial charge in [-0.05, 0) is 38.8 Å². The lowest BCUT2D eigenvalue weighted by Crippen LogP contribution is -2.55. The maximum absolute atomic E-state index is 12.1. The Morgan fingerprint density at radius 3 is 2.89 bits per heavy atom. The fraction of sp³-hybridized carbons (Fsp3) is 0.917. The van der Waals surface area contributed by atoms with Gasteiger partial charge < -0.3 is 10.6 Å². The highest BCUT2D eigenvalue weighted by Gasteiger charge is 2.39. The molecular formula is C12H20F3N3O. The lowest BCUT2D eigenvalue weighted by molar-refractivity contribution is -0.142. The van der Waals surface area contributed by atoms with Crippen LogP contribution in [0.3, 0.4) is 0 Å². The summed E-state index contributed by atoms with van der Waals surface area (Å²) >= 11 is 0. The van der Waals surface area contributed by atoms with Gasteiger partial charge in [0.05, 0.1) is 6.04 Å². The van der Waals surface area contributed by atoms with E-state index in [1.807, 2.05) is 10.2 Å². The van der Waals surface area contributed by atoms with Crippen molar-refractivity contribution in [3.05, 3.63) is 0 Å². The van der Waals surface area contributed by atoms with Gasteiger partial charge in [-0.1, -0.05) is 0 Å². The molecule has 2 aliphatic heterocycles. The first-order valence-electron chi connectivity index (χ1n) is 6.69. The highest BCUT2D eigenvalue weighted by molar-refractivity contribution is 5.81.